The number of rotatable bonds is 5. The molecule has 0 fully saturated rings. The van der Waals surface area contributed by atoms with Gasteiger partial charge < -0.3 is 9.64 Å². The molecule has 3 nitrogen and oxygen atoms in total. The first kappa shape index (κ1) is 16.0. The van der Waals surface area contributed by atoms with Crippen molar-refractivity contribution >= 4 is 5.91 Å². The standard InChI is InChI=1S/C18H20FNO2/c1-13-8-9-17(14(2)10-13)22-12-18(21)20(3)11-15-6-4-5-7-16(15)19/h4-10H,11-12H2,1-3H3. The molecule has 2 aromatic rings. The number of hydrogen-bond acceptors (Lipinski definition) is 2. The van der Waals surface area contributed by atoms with E-state index in [0.29, 0.717) is 11.3 Å². The van der Waals surface area contributed by atoms with Gasteiger partial charge in [0, 0.05) is 19.2 Å². The molecule has 0 aliphatic heterocycles. The van der Waals surface area contributed by atoms with Crippen LogP contribution in [-0.4, -0.2) is 24.5 Å². The molecule has 4 heteroatoms. The fraction of sp³-hybridized carbons (Fsp3) is 0.278. The molecule has 0 aliphatic rings. The van der Waals surface area contributed by atoms with Crippen LogP contribution in [0.3, 0.4) is 0 Å². The van der Waals surface area contributed by atoms with Gasteiger partial charge >= 0.3 is 0 Å². The molecular weight excluding hydrogens is 281 g/mol. The van der Waals surface area contributed by atoms with Crippen molar-refractivity contribution in [2.75, 3.05) is 13.7 Å². The van der Waals surface area contributed by atoms with Crippen molar-refractivity contribution in [2.24, 2.45) is 0 Å². The summed E-state index contributed by atoms with van der Waals surface area (Å²) in [6.07, 6.45) is 0. The van der Waals surface area contributed by atoms with Crippen LogP contribution >= 0.6 is 0 Å². The molecule has 0 saturated heterocycles. The molecule has 1 amide bonds. The lowest BCUT2D eigenvalue weighted by Crippen LogP contribution is -2.31. The maximum Gasteiger partial charge on any atom is 0.260 e. The second-order valence-corrected chi connectivity index (χ2v) is 5.40. The van der Waals surface area contributed by atoms with Crippen molar-refractivity contribution in [2.45, 2.75) is 20.4 Å². The molecule has 22 heavy (non-hydrogen) atoms. The minimum absolute atomic E-state index is 0.0607. The van der Waals surface area contributed by atoms with E-state index in [1.165, 1.54) is 11.0 Å². The SMILES string of the molecule is Cc1ccc(OCC(=O)N(C)Cc2ccccc2F)c(C)c1. The number of nitrogens with zero attached hydrogens (tertiary/aromatic N) is 1. The van der Waals surface area contributed by atoms with Crippen LogP contribution in [-0.2, 0) is 11.3 Å². The van der Waals surface area contributed by atoms with Crippen LogP contribution in [0.25, 0.3) is 0 Å². The highest BCUT2D eigenvalue weighted by Crippen LogP contribution is 2.18. The van der Waals surface area contributed by atoms with E-state index in [4.69, 9.17) is 4.74 Å². The summed E-state index contributed by atoms with van der Waals surface area (Å²) in [5.74, 6) is 0.193. The summed E-state index contributed by atoms with van der Waals surface area (Å²) in [4.78, 5) is 13.5. The number of amides is 1. The van der Waals surface area contributed by atoms with E-state index < -0.39 is 0 Å². The molecule has 0 spiro atoms. The molecule has 0 bridgehead atoms. The summed E-state index contributed by atoms with van der Waals surface area (Å²) in [6, 6.07) is 12.2. The van der Waals surface area contributed by atoms with Crippen LogP contribution in [0.2, 0.25) is 0 Å². The first-order valence-corrected chi connectivity index (χ1v) is 7.15. The predicted octanol–water partition coefficient (Wildman–Crippen LogP) is 3.48. The lowest BCUT2D eigenvalue weighted by Gasteiger charge is -2.18. The second kappa shape index (κ2) is 7.07. The van der Waals surface area contributed by atoms with E-state index >= 15 is 0 Å². The normalized spacial score (nSPS) is 10.4. The van der Waals surface area contributed by atoms with Gasteiger partial charge in [-0.3, -0.25) is 4.79 Å². The monoisotopic (exact) mass is 301 g/mol. The minimum Gasteiger partial charge on any atom is -0.484 e. The van der Waals surface area contributed by atoms with Gasteiger partial charge in [0.15, 0.2) is 6.61 Å². The fourth-order valence-electron chi connectivity index (χ4n) is 2.18. The van der Waals surface area contributed by atoms with Crippen LogP contribution in [0.15, 0.2) is 42.5 Å². The number of ether oxygens (including phenoxy) is 1. The Morgan fingerprint density at radius 2 is 1.91 bits per heavy atom. The Morgan fingerprint density at radius 3 is 2.59 bits per heavy atom. The zero-order valence-electron chi connectivity index (χ0n) is 13.1. The minimum atomic E-state index is -0.308. The zero-order valence-corrected chi connectivity index (χ0v) is 13.1. The van der Waals surface area contributed by atoms with Gasteiger partial charge in [-0.25, -0.2) is 4.39 Å². The van der Waals surface area contributed by atoms with Crippen LogP contribution in [0.1, 0.15) is 16.7 Å². The molecule has 0 aromatic heterocycles. The smallest absolute Gasteiger partial charge is 0.260 e. The Kier molecular flexibility index (Phi) is 5.15. The Bertz CT molecular complexity index is 670. The molecule has 2 rings (SSSR count). The van der Waals surface area contributed by atoms with Crippen LogP contribution in [0, 0.1) is 19.7 Å². The summed E-state index contributed by atoms with van der Waals surface area (Å²) < 4.78 is 19.1. The summed E-state index contributed by atoms with van der Waals surface area (Å²) >= 11 is 0. The molecule has 0 radical (unpaired) electrons. The van der Waals surface area contributed by atoms with Crippen molar-refractivity contribution in [1.82, 2.24) is 4.90 Å². The van der Waals surface area contributed by atoms with Crippen LogP contribution in [0.4, 0.5) is 4.39 Å². The summed E-state index contributed by atoms with van der Waals surface area (Å²) in [6.45, 7) is 4.11. The van der Waals surface area contributed by atoms with Gasteiger partial charge in [-0.15, -0.1) is 0 Å². The number of benzene rings is 2. The molecule has 0 heterocycles. The number of halogens is 1. The molecular formula is C18H20FNO2. The maximum atomic E-state index is 13.6. The Morgan fingerprint density at radius 1 is 1.18 bits per heavy atom. The highest BCUT2D eigenvalue weighted by Gasteiger charge is 2.12. The Hall–Kier alpha value is -2.36. The topological polar surface area (TPSA) is 29.5 Å². The first-order valence-electron chi connectivity index (χ1n) is 7.15. The summed E-state index contributed by atoms with van der Waals surface area (Å²) in [5.41, 5.74) is 2.63. The summed E-state index contributed by atoms with van der Waals surface area (Å²) in [7, 11) is 1.64. The molecule has 2 aromatic carbocycles. The predicted molar refractivity (Wildman–Crippen MR) is 84.3 cm³/mol. The maximum absolute atomic E-state index is 13.6. The lowest BCUT2D eigenvalue weighted by atomic mass is 10.1. The zero-order chi connectivity index (χ0) is 16.1. The van der Waals surface area contributed by atoms with Crippen molar-refractivity contribution in [1.29, 1.82) is 0 Å². The van der Waals surface area contributed by atoms with E-state index in [0.717, 1.165) is 11.1 Å². The van der Waals surface area contributed by atoms with Gasteiger partial charge in [-0.05, 0) is 31.5 Å². The highest BCUT2D eigenvalue weighted by atomic mass is 19.1. The third kappa shape index (κ3) is 4.07. The average Bonchev–Trinajstić information content (AvgIpc) is 2.48. The largest absolute Gasteiger partial charge is 0.484 e. The van der Waals surface area contributed by atoms with Crippen molar-refractivity contribution in [3.8, 4) is 5.75 Å². The van der Waals surface area contributed by atoms with Crippen molar-refractivity contribution in [3.05, 3.63) is 65.0 Å². The number of carbonyl (C=O) groups is 1. The van der Waals surface area contributed by atoms with Crippen LogP contribution in [0.5, 0.6) is 5.75 Å². The van der Waals surface area contributed by atoms with Gasteiger partial charge in [0.2, 0.25) is 0 Å². The van der Waals surface area contributed by atoms with Crippen molar-refractivity contribution < 1.29 is 13.9 Å². The lowest BCUT2D eigenvalue weighted by molar-refractivity contribution is -0.132. The van der Waals surface area contributed by atoms with Gasteiger partial charge in [-0.1, -0.05) is 35.9 Å². The van der Waals surface area contributed by atoms with Gasteiger partial charge in [0.1, 0.15) is 11.6 Å². The number of likely N-dealkylation sites (N-methyl/N-ethyl adjacent to an activating group) is 1. The Balaban J connectivity index is 1.93. The fourth-order valence-corrected chi connectivity index (χ4v) is 2.18. The third-order valence-electron chi connectivity index (χ3n) is 3.47. The number of carbonyl (C=O) groups excluding carboxylic acids is 1. The quantitative estimate of drug-likeness (QED) is 0.846. The molecule has 0 saturated carbocycles. The van der Waals surface area contributed by atoms with Gasteiger partial charge in [-0.2, -0.15) is 0 Å². The van der Waals surface area contributed by atoms with Crippen molar-refractivity contribution in [3.63, 3.8) is 0 Å². The average molecular weight is 301 g/mol. The number of aryl methyl sites for hydroxylation is 2. The van der Waals surface area contributed by atoms with Gasteiger partial charge in [0.05, 0.1) is 0 Å². The van der Waals surface area contributed by atoms with E-state index in [2.05, 4.69) is 0 Å². The first-order chi connectivity index (χ1) is 10.5. The molecule has 116 valence electrons. The van der Waals surface area contributed by atoms with E-state index in [9.17, 15) is 9.18 Å². The van der Waals surface area contributed by atoms with Gasteiger partial charge in [0.25, 0.3) is 5.91 Å². The van der Waals surface area contributed by atoms with E-state index in [1.807, 2.05) is 32.0 Å². The second-order valence-electron chi connectivity index (χ2n) is 5.40. The molecule has 0 aliphatic carbocycles. The number of hydrogen-bond donors (Lipinski definition) is 0. The Labute approximate surface area is 130 Å². The molecule has 0 unspecified atom stereocenters. The van der Waals surface area contributed by atoms with E-state index in [-0.39, 0.29) is 24.9 Å². The third-order valence-corrected chi connectivity index (χ3v) is 3.47. The molecule has 0 atom stereocenters. The van der Waals surface area contributed by atoms with Crippen LogP contribution < -0.4 is 4.74 Å². The van der Waals surface area contributed by atoms with E-state index in [1.54, 1.807) is 25.2 Å². The molecule has 0 N–H and O–H groups in total. The highest BCUT2D eigenvalue weighted by molar-refractivity contribution is 5.77. The summed E-state index contributed by atoms with van der Waals surface area (Å²) in [5, 5.41) is 0.